The van der Waals surface area contributed by atoms with Crippen LogP contribution in [-0.2, 0) is 11.8 Å². The van der Waals surface area contributed by atoms with Crippen LogP contribution in [0.25, 0.3) is 10.9 Å². The summed E-state index contributed by atoms with van der Waals surface area (Å²) in [6.45, 7) is 2.48. The van der Waals surface area contributed by atoms with Gasteiger partial charge in [-0.3, -0.25) is 14.3 Å². The second kappa shape index (κ2) is 7.28. The van der Waals surface area contributed by atoms with Gasteiger partial charge in [0.15, 0.2) is 0 Å². The van der Waals surface area contributed by atoms with E-state index in [0.29, 0.717) is 43.5 Å². The molecule has 0 unspecified atom stereocenters. The van der Waals surface area contributed by atoms with Crippen LogP contribution in [0.15, 0.2) is 42.6 Å². The van der Waals surface area contributed by atoms with Crippen molar-refractivity contribution in [2.45, 2.75) is 18.4 Å². The number of para-hydroxylation sites is 1. The standard InChI is InChI=1S/C22H25N5O3/c1-26-19(7-10-24-26)20(28)23-9-6-16-8-11-30-22(16)13-27(14-22)21(29)18-12-15-4-2-3-5-17(15)25-18/h2-5,7,10,12,16,25H,6,8-9,11,13-14H2,1H3,(H,23,28)/t16-/m0/s1. The topological polar surface area (TPSA) is 92.2 Å². The summed E-state index contributed by atoms with van der Waals surface area (Å²) in [6, 6.07) is 11.5. The van der Waals surface area contributed by atoms with Crippen LogP contribution in [-0.4, -0.2) is 63.3 Å². The summed E-state index contributed by atoms with van der Waals surface area (Å²) in [7, 11) is 1.75. The van der Waals surface area contributed by atoms with Crippen molar-refractivity contribution in [2.75, 3.05) is 26.2 Å². The molecule has 8 heteroatoms. The molecule has 3 aromatic rings. The maximum atomic E-state index is 12.9. The Morgan fingerprint density at radius 2 is 2.13 bits per heavy atom. The molecule has 0 radical (unpaired) electrons. The fraction of sp³-hybridized carbons (Fsp3) is 0.409. The van der Waals surface area contributed by atoms with Crippen molar-refractivity contribution in [3.05, 3.63) is 54.0 Å². The highest BCUT2D eigenvalue weighted by Crippen LogP contribution is 2.42. The summed E-state index contributed by atoms with van der Waals surface area (Å²) >= 11 is 0. The average molecular weight is 407 g/mol. The quantitative estimate of drug-likeness (QED) is 0.676. The smallest absolute Gasteiger partial charge is 0.270 e. The molecule has 4 heterocycles. The third-order valence-electron chi connectivity index (χ3n) is 6.40. The lowest BCUT2D eigenvalue weighted by atomic mass is 9.78. The first-order chi connectivity index (χ1) is 14.6. The Bertz CT molecular complexity index is 1060. The first kappa shape index (κ1) is 18.9. The van der Waals surface area contributed by atoms with E-state index < -0.39 is 0 Å². The number of amides is 2. The van der Waals surface area contributed by atoms with Gasteiger partial charge in [-0.05, 0) is 37.0 Å². The van der Waals surface area contributed by atoms with E-state index in [1.165, 1.54) is 0 Å². The molecule has 8 nitrogen and oxygen atoms in total. The highest BCUT2D eigenvalue weighted by molar-refractivity contribution is 5.98. The Morgan fingerprint density at radius 3 is 2.90 bits per heavy atom. The number of likely N-dealkylation sites (tertiary alicyclic amines) is 1. The Morgan fingerprint density at radius 1 is 1.30 bits per heavy atom. The Balaban J connectivity index is 1.17. The lowest BCUT2D eigenvalue weighted by molar-refractivity contribution is -0.118. The van der Waals surface area contributed by atoms with Crippen LogP contribution in [0.3, 0.4) is 0 Å². The van der Waals surface area contributed by atoms with Crippen molar-refractivity contribution in [2.24, 2.45) is 13.0 Å². The van der Waals surface area contributed by atoms with Gasteiger partial charge in [0.25, 0.3) is 11.8 Å². The fourth-order valence-corrected chi connectivity index (χ4v) is 4.69. The Kier molecular flexibility index (Phi) is 4.58. The lowest BCUT2D eigenvalue weighted by Gasteiger charge is -2.50. The molecule has 2 aliphatic rings. The van der Waals surface area contributed by atoms with Crippen molar-refractivity contribution < 1.29 is 14.3 Å². The number of aryl methyl sites for hydroxylation is 1. The van der Waals surface area contributed by atoms with Crippen LogP contribution in [0.1, 0.15) is 33.8 Å². The van der Waals surface area contributed by atoms with E-state index in [9.17, 15) is 9.59 Å². The molecule has 0 saturated carbocycles. The van der Waals surface area contributed by atoms with Gasteiger partial charge in [-0.25, -0.2) is 0 Å². The number of aromatic amines is 1. The van der Waals surface area contributed by atoms with Gasteiger partial charge in [0.2, 0.25) is 0 Å². The zero-order valence-electron chi connectivity index (χ0n) is 16.9. The molecule has 156 valence electrons. The van der Waals surface area contributed by atoms with Gasteiger partial charge in [-0.15, -0.1) is 0 Å². The minimum Gasteiger partial charge on any atom is -0.371 e. The molecule has 0 bridgehead atoms. The molecule has 2 fully saturated rings. The molecule has 1 atom stereocenters. The SMILES string of the molecule is Cn1nccc1C(=O)NCC[C@H]1CCOC12CN(C(=O)c1cc3ccccc3[nH]1)C2. The highest BCUT2D eigenvalue weighted by Gasteiger charge is 2.54. The molecule has 0 aliphatic carbocycles. The number of rotatable bonds is 5. The number of hydrogen-bond donors (Lipinski definition) is 2. The predicted molar refractivity (Wildman–Crippen MR) is 111 cm³/mol. The van der Waals surface area contributed by atoms with Gasteiger partial charge >= 0.3 is 0 Å². The maximum Gasteiger partial charge on any atom is 0.270 e. The second-order valence-corrected chi connectivity index (χ2v) is 8.21. The number of H-pyrrole nitrogens is 1. The number of aromatic nitrogens is 3. The normalized spacial score (nSPS) is 19.9. The molecular formula is C22H25N5O3. The van der Waals surface area contributed by atoms with Crippen molar-refractivity contribution in [3.63, 3.8) is 0 Å². The number of fused-ring (bicyclic) bond motifs is 1. The number of carbonyl (C=O) groups is 2. The predicted octanol–water partition coefficient (Wildman–Crippen LogP) is 1.95. The monoisotopic (exact) mass is 407 g/mol. The summed E-state index contributed by atoms with van der Waals surface area (Å²) in [4.78, 5) is 30.2. The minimum atomic E-state index is -0.279. The summed E-state index contributed by atoms with van der Waals surface area (Å²) in [5, 5.41) is 8.04. The first-order valence-electron chi connectivity index (χ1n) is 10.3. The first-order valence-corrected chi connectivity index (χ1v) is 10.3. The van der Waals surface area contributed by atoms with E-state index in [1.807, 2.05) is 35.2 Å². The molecule has 1 aromatic carbocycles. The van der Waals surface area contributed by atoms with Crippen LogP contribution in [0, 0.1) is 5.92 Å². The summed E-state index contributed by atoms with van der Waals surface area (Å²) in [5.74, 6) is 0.221. The summed E-state index contributed by atoms with van der Waals surface area (Å²) in [5.41, 5.74) is 1.85. The van der Waals surface area contributed by atoms with E-state index in [0.717, 1.165) is 23.7 Å². The average Bonchev–Trinajstić information content (AvgIpc) is 3.43. The summed E-state index contributed by atoms with van der Waals surface area (Å²) in [6.07, 6.45) is 3.40. The molecule has 2 aromatic heterocycles. The van der Waals surface area contributed by atoms with Crippen molar-refractivity contribution in [1.82, 2.24) is 25.0 Å². The van der Waals surface area contributed by atoms with Gasteiger partial charge in [-0.1, -0.05) is 18.2 Å². The van der Waals surface area contributed by atoms with Gasteiger partial charge < -0.3 is 19.9 Å². The zero-order chi connectivity index (χ0) is 20.7. The lowest BCUT2D eigenvalue weighted by Crippen LogP contribution is -2.66. The van der Waals surface area contributed by atoms with Gasteiger partial charge in [0.05, 0.1) is 13.1 Å². The molecule has 2 saturated heterocycles. The number of hydrogen-bond acceptors (Lipinski definition) is 4. The number of nitrogens with zero attached hydrogens (tertiary/aromatic N) is 3. The molecule has 30 heavy (non-hydrogen) atoms. The van der Waals surface area contributed by atoms with Crippen LogP contribution in [0.4, 0.5) is 0 Å². The van der Waals surface area contributed by atoms with Gasteiger partial charge in [0.1, 0.15) is 17.0 Å². The number of ether oxygens (including phenoxy) is 1. The second-order valence-electron chi connectivity index (χ2n) is 8.21. The molecule has 5 rings (SSSR count). The van der Waals surface area contributed by atoms with Crippen molar-refractivity contribution in [1.29, 1.82) is 0 Å². The van der Waals surface area contributed by atoms with Crippen molar-refractivity contribution in [3.8, 4) is 0 Å². The van der Waals surface area contributed by atoms with Crippen LogP contribution < -0.4 is 5.32 Å². The minimum absolute atomic E-state index is 0.00980. The zero-order valence-corrected chi connectivity index (χ0v) is 16.9. The molecule has 2 N–H and O–H groups in total. The third-order valence-corrected chi connectivity index (χ3v) is 6.40. The van der Waals surface area contributed by atoms with E-state index in [2.05, 4.69) is 15.4 Å². The Labute approximate surface area is 174 Å². The molecule has 1 spiro atoms. The number of nitrogens with one attached hydrogen (secondary N) is 2. The van der Waals surface area contributed by atoms with E-state index in [1.54, 1.807) is 24.0 Å². The van der Waals surface area contributed by atoms with Gasteiger partial charge in [0, 0.05) is 37.3 Å². The summed E-state index contributed by atoms with van der Waals surface area (Å²) < 4.78 is 7.65. The largest absolute Gasteiger partial charge is 0.371 e. The fourth-order valence-electron chi connectivity index (χ4n) is 4.69. The van der Waals surface area contributed by atoms with E-state index >= 15 is 0 Å². The molecule has 2 aliphatic heterocycles. The van der Waals surface area contributed by atoms with Crippen LogP contribution >= 0.6 is 0 Å². The molecular weight excluding hydrogens is 382 g/mol. The maximum absolute atomic E-state index is 12.9. The van der Waals surface area contributed by atoms with E-state index in [-0.39, 0.29) is 17.4 Å². The van der Waals surface area contributed by atoms with E-state index in [4.69, 9.17) is 4.74 Å². The van der Waals surface area contributed by atoms with Gasteiger partial charge in [-0.2, -0.15) is 5.10 Å². The van der Waals surface area contributed by atoms with Crippen LogP contribution in [0.2, 0.25) is 0 Å². The number of carbonyl (C=O) groups excluding carboxylic acids is 2. The number of benzene rings is 1. The molecule has 2 amide bonds. The van der Waals surface area contributed by atoms with Crippen LogP contribution in [0.5, 0.6) is 0 Å². The highest BCUT2D eigenvalue weighted by atomic mass is 16.5. The Hall–Kier alpha value is -3.13. The van der Waals surface area contributed by atoms with Crippen molar-refractivity contribution >= 4 is 22.7 Å². The third kappa shape index (κ3) is 3.17.